The molecule has 0 N–H and O–H groups in total. The van der Waals surface area contributed by atoms with Gasteiger partial charge in [0.2, 0.25) is 0 Å². The molecular weight excluding hydrogens is 563 g/mol. The summed E-state index contributed by atoms with van der Waals surface area (Å²) >= 11 is 6.35. The molecule has 0 fully saturated rings. The van der Waals surface area contributed by atoms with Crippen molar-refractivity contribution in [2.75, 3.05) is 13.1 Å². The Balaban J connectivity index is 1.51. The minimum Gasteiger partial charge on any atom is -0.472 e. The predicted octanol–water partition coefficient (Wildman–Crippen LogP) is 8.86. The Hall–Kier alpha value is -4.07. The number of alkyl halides is 3. The molecule has 42 heavy (non-hydrogen) atoms. The van der Waals surface area contributed by atoms with Crippen molar-refractivity contribution in [3.8, 4) is 16.9 Å². The summed E-state index contributed by atoms with van der Waals surface area (Å²) in [5.41, 5.74) is 4.06. The summed E-state index contributed by atoms with van der Waals surface area (Å²) in [6, 6.07) is 27.7. The third kappa shape index (κ3) is 6.86. The van der Waals surface area contributed by atoms with E-state index >= 15 is 0 Å². The van der Waals surface area contributed by atoms with Crippen LogP contribution in [0.3, 0.4) is 0 Å². The maximum Gasteiger partial charge on any atom is 0.417 e. The van der Waals surface area contributed by atoms with Gasteiger partial charge in [-0.3, -0.25) is 9.69 Å². The Morgan fingerprint density at radius 3 is 2.21 bits per heavy atom. The highest BCUT2D eigenvalue weighted by atomic mass is 35.5. The molecule has 3 aromatic carbocycles. The van der Waals surface area contributed by atoms with Crippen LogP contribution in [0.1, 0.15) is 40.7 Å². The fraction of sp³-hybridized carbons (Fsp3) is 0.206. The fourth-order valence-electron chi connectivity index (χ4n) is 5.28. The van der Waals surface area contributed by atoms with Crippen molar-refractivity contribution in [3.05, 3.63) is 136 Å². The smallest absolute Gasteiger partial charge is 0.417 e. The van der Waals surface area contributed by atoms with Crippen LogP contribution in [0.15, 0.2) is 108 Å². The molecule has 0 bridgehead atoms. The summed E-state index contributed by atoms with van der Waals surface area (Å²) in [5.74, 6) is -0.0270. The van der Waals surface area contributed by atoms with E-state index in [4.69, 9.17) is 20.8 Å². The van der Waals surface area contributed by atoms with Crippen LogP contribution in [0.4, 0.5) is 13.2 Å². The van der Waals surface area contributed by atoms with Gasteiger partial charge < -0.3 is 9.15 Å². The zero-order chi connectivity index (χ0) is 29.7. The van der Waals surface area contributed by atoms with Crippen molar-refractivity contribution in [1.82, 2.24) is 4.90 Å². The highest BCUT2D eigenvalue weighted by Gasteiger charge is 2.34. The van der Waals surface area contributed by atoms with Crippen LogP contribution in [0.2, 0.25) is 5.02 Å². The molecule has 0 radical (unpaired) electrons. The van der Waals surface area contributed by atoms with E-state index in [1.165, 1.54) is 19.3 Å². The monoisotopic (exact) mass is 591 g/mol. The number of halogens is 4. The molecule has 0 saturated carbocycles. The second kappa shape index (κ2) is 12.8. The zero-order valence-corrected chi connectivity index (χ0v) is 23.7. The van der Waals surface area contributed by atoms with Gasteiger partial charge in [0.1, 0.15) is 5.75 Å². The number of ether oxygens (including phenoxy) is 1. The van der Waals surface area contributed by atoms with Crippen LogP contribution >= 0.6 is 11.6 Å². The summed E-state index contributed by atoms with van der Waals surface area (Å²) in [4.78, 5) is 14.0. The van der Waals surface area contributed by atoms with E-state index in [2.05, 4.69) is 29.2 Å². The SMILES string of the molecule is CC(=O)Oc1c(CCN(Cc2cccc(C(F)(F)F)c2Cl)CC(c2ccccc2)c2ccccc2)cc2coccc1-2. The molecule has 1 heterocycles. The Bertz CT molecular complexity index is 1560. The van der Waals surface area contributed by atoms with Gasteiger partial charge in [-0.05, 0) is 46.9 Å². The lowest BCUT2D eigenvalue weighted by molar-refractivity contribution is -0.137. The van der Waals surface area contributed by atoms with Gasteiger partial charge >= 0.3 is 12.1 Å². The number of fused-ring (bicyclic) bond motifs is 1. The van der Waals surface area contributed by atoms with Crippen LogP contribution < -0.4 is 4.74 Å². The van der Waals surface area contributed by atoms with E-state index < -0.39 is 17.7 Å². The molecule has 216 valence electrons. The van der Waals surface area contributed by atoms with E-state index in [1.54, 1.807) is 18.4 Å². The van der Waals surface area contributed by atoms with Gasteiger partial charge in [0.25, 0.3) is 0 Å². The molecule has 0 spiro atoms. The molecule has 3 aromatic rings. The minimum absolute atomic E-state index is 0.0533. The van der Waals surface area contributed by atoms with Gasteiger partial charge in [-0.15, -0.1) is 0 Å². The normalized spacial score (nSPS) is 11.9. The minimum atomic E-state index is -4.56. The standard InChI is InChI=1S/C34H29ClF3NO3/c1-23(40)42-33-26(19-28-22-41-18-16-29(28)33)15-17-39(20-27-13-8-14-31(32(27)35)34(36,37)38)21-30(24-9-4-2-5-10-24)25-11-6-3-7-12-25/h2-14,16,18-19,22,30H,15,17,20-21H2,1H3. The van der Waals surface area contributed by atoms with Crippen molar-refractivity contribution < 1.29 is 27.1 Å². The molecule has 8 heteroatoms. The molecule has 1 aliphatic heterocycles. The van der Waals surface area contributed by atoms with Crippen LogP contribution in [-0.2, 0) is 23.9 Å². The van der Waals surface area contributed by atoms with Crippen molar-refractivity contribution in [3.63, 3.8) is 0 Å². The second-order valence-corrected chi connectivity index (χ2v) is 10.5. The van der Waals surface area contributed by atoms with E-state index in [9.17, 15) is 18.0 Å². The highest BCUT2D eigenvalue weighted by Crippen LogP contribution is 2.40. The summed E-state index contributed by atoms with van der Waals surface area (Å²) < 4.78 is 52.0. The first kappa shape index (κ1) is 29.4. The van der Waals surface area contributed by atoms with Gasteiger partial charge in [-0.1, -0.05) is 84.4 Å². The number of carbonyl (C=O) groups is 1. The summed E-state index contributed by atoms with van der Waals surface area (Å²) in [6.45, 7) is 2.52. The topological polar surface area (TPSA) is 42.7 Å². The molecule has 5 rings (SSSR count). The fourth-order valence-corrected chi connectivity index (χ4v) is 5.57. The molecule has 4 nitrogen and oxygen atoms in total. The first-order chi connectivity index (χ1) is 20.2. The summed E-state index contributed by atoms with van der Waals surface area (Å²) in [7, 11) is 0. The largest absolute Gasteiger partial charge is 0.472 e. The molecule has 0 atom stereocenters. The first-order valence-electron chi connectivity index (χ1n) is 13.5. The molecule has 0 amide bonds. The molecule has 1 aliphatic carbocycles. The lowest BCUT2D eigenvalue weighted by atomic mass is 9.90. The average Bonchev–Trinajstić information content (AvgIpc) is 3.32. The average molecular weight is 592 g/mol. The Kier molecular flexibility index (Phi) is 9.00. The quantitative estimate of drug-likeness (QED) is 0.152. The van der Waals surface area contributed by atoms with Crippen LogP contribution in [0, 0.1) is 0 Å². The zero-order valence-electron chi connectivity index (χ0n) is 22.9. The number of esters is 1. The third-order valence-corrected chi connectivity index (χ3v) is 7.70. The molecule has 2 aliphatic rings. The number of carbonyl (C=O) groups excluding carboxylic acids is 1. The number of nitrogens with zero attached hydrogens (tertiary/aromatic N) is 1. The molecule has 0 unspecified atom stereocenters. The Labute approximate surface area is 247 Å². The van der Waals surface area contributed by atoms with Crippen molar-refractivity contribution >= 4 is 17.6 Å². The van der Waals surface area contributed by atoms with E-state index in [-0.39, 0.29) is 17.5 Å². The van der Waals surface area contributed by atoms with Gasteiger partial charge in [-0.25, -0.2) is 0 Å². The lowest BCUT2D eigenvalue weighted by Crippen LogP contribution is -2.31. The third-order valence-electron chi connectivity index (χ3n) is 7.25. The van der Waals surface area contributed by atoms with Gasteiger partial charge in [-0.2, -0.15) is 13.2 Å². The Morgan fingerprint density at radius 2 is 1.60 bits per heavy atom. The van der Waals surface area contributed by atoms with E-state index in [0.29, 0.717) is 30.8 Å². The number of rotatable bonds is 10. The van der Waals surface area contributed by atoms with Crippen molar-refractivity contribution in [1.29, 1.82) is 0 Å². The number of hydrogen-bond acceptors (Lipinski definition) is 4. The van der Waals surface area contributed by atoms with Crippen molar-refractivity contribution in [2.24, 2.45) is 0 Å². The first-order valence-corrected chi connectivity index (χ1v) is 13.9. The highest BCUT2D eigenvalue weighted by molar-refractivity contribution is 6.32. The van der Waals surface area contributed by atoms with Crippen LogP contribution in [0.25, 0.3) is 11.1 Å². The number of benzene rings is 3. The number of hydrogen-bond donors (Lipinski definition) is 0. The predicted molar refractivity (Wildman–Crippen MR) is 157 cm³/mol. The maximum absolute atomic E-state index is 13.7. The van der Waals surface area contributed by atoms with Gasteiger partial charge in [0, 0.05) is 43.6 Å². The molecular formula is C34H29ClF3NO3. The van der Waals surface area contributed by atoms with E-state index in [1.807, 2.05) is 42.5 Å². The molecule has 0 aromatic heterocycles. The summed E-state index contributed by atoms with van der Waals surface area (Å²) in [6.07, 6.45) is -0.976. The van der Waals surface area contributed by atoms with Crippen LogP contribution in [-0.4, -0.2) is 24.0 Å². The van der Waals surface area contributed by atoms with Gasteiger partial charge in [0.15, 0.2) is 0 Å². The maximum atomic E-state index is 13.7. The van der Waals surface area contributed by atoms with Crippen LogP contribution in [0.5, 0.6) is 5.75 Å². The lowest BCUT2D eigenvalue weighted by Gasteiger charge is -2.29. The Morgan fingerprint density at radius 1 is 0.929 bits per heavy atom. The van der Waals surface area contributed by atoms with Crippen molar-refractivity contribution in [2.45, 2.75) is 32.0 Å². The van der Waals surface area contributed by atoms with E-state index in [0.717, 1.165) is 33.9 Å². The molecule has 0 saturated heterocycles. The second-order valence-electron chi connectivity index (χ2n) is 10.2. The van der Waals surface area contributed by atoms with Gasteiger partial charge in [0.05, 0.1) is 23.1 Å². The summed E-state index contributed by atoms with van der Waals surface area (Å²) in [5, 5.41) is -0.299.